The molecule has 13 heavy (non-hydrogen) atoms. The molecule has 1 unspecified atom stereocenters. The van der Waals surface area contributed by atoms with Gasteiger partial charge in [0.05, 0.1) is 18.6 Å². The largest absolute Gasteiger partial charge is 0.357 e. The van der Waals surface area contributed by atoms with Crippen LogP contribution in [0.3, 0.4) is 0 Å². The maximum Gasteiger partial charge on any atom is 0.157 e. The van der Waals surface area contributed by atoms with Crippen LogP contribution in [0.15, 0.2) is 30.3 Å². The molecule has 0 fully saturated rings. The summed E-state index contributed by atoms with van der Waals surface area (Å²) in [6.45, 7) is 0.436. The van der Waals surface area contributed by atoms with Crippen LogP contribution >= 0.6 is 11.6 Å². The van der Waals surface area contributed by atoms with Crippen molar-refractivity contribution in [2.24, 2.45) is 0 Å². The van der Waals surface area contributed by atoms with E-state index in [2.05, 4.69) is 0 Å². The van der Waals surface area contributed by atoms with Gasteiger partial charge in [0.1, 0.15) is 0 Å². The van der Waals surface area contributed by atoms with Crippen LogP contribution in [-0.2, 0) is 11.3 Å². The summed E-state index contributed by atoms with van der Waals surface area (Å²) in [7, 11) is 0. The number of benzene rings is 1. The van der Waals surface area contributed by atoms with E-state index in [1.54, 1.807) is 0 Å². The lowest BCUT2D eigenvalue weighted by molar-refractivity contribution is 0.0908. The Kier molecular flexibility index (Phi) is 4.31. The first-order chi connectivity index (χ1) is 6.36. The van der Waals surface area contributed by atoms with Crippen molar-refractivity contribution >= 4 is 11.6 Å². The third-order valence-electron chi connectivity index (χ3n) is 1.58. The molecule has 0 saturated carbocycles. The molecular formula is C10H10ClNO. The predicted molar refractivity (Wildman–Crippen MR) is 51.4 cm³/mol. The van der Waals surface area contributed by atoms with Gasteiger partial charge in [-0.15, -0.1) is 11.6 Å². The third-order valence-corrected chi connectivity index (χ3v) is 1.86. The van der Waals surface area contributed by atoms with Gasteiger partial charge in [0, 0.05) is 0 Å². The summed E-state index contributed by atoms with van der Waals surface area (Å²) in [5.41, 5.74) is 1.05. The van der Waals surface area contributed by atoms with Crippen LogP contribution < -0.4 is 0 Å². The van der Waals surface area contributed by atoms with Gasteiger partial charge in [0.2, 0.25) is 0 Å². The summed E-state index contributed by atoms with van der Waals surface area (Å²) in [5, 5.41) is 8.54. The fourth-order valence-electron chi connectivity index (χ4n) is 0.887. The van der Waals surface area contributed by atoms with Crippen molar-refractivity contribution in [3.8, 4) is 6.07 Å². The van der Waals surface area contributed by atoms with Gasteiger partial charge in [-0.1, -0.05) is 30.3 Å². The first-order valence-corrected chi connectivity index (χ1v) is 4.51. The zero-order chi connectivity index (χ0) is 9.52. The molecule has 0 aliphatic heterocycles. The summed E-state index contributed by atoms with van der Waals surface area (Å²) in [4.78, 5) is 0. The molecule has 1 atom stereocenters. The highest BCUT2D eigenvalue weighted by Crippen LogP contribution is 2.03. The van der Waals surface area contributed by atoms with Gasteiger partial charge < -0.3 is 4.74 Å². The first-order valence-electron chi connectivity index (χ1n) is 3.98. The molecule has 0 saturated heterocycles. The second kappa shape index (κ2) is 5.58. The number of hydrogen-bond acceptors (Lipinski definition) is 2. The fraction of sp³-hybridized carbons (Fsp3) is 0.300. The Morgan fingerprint density at radius 2 is 2.08 bits per heavy atom. The van der Waals surface area contributed by atoms with Gasteiger partial charge in [0.15, 0.2) is 6.10 Å². The minimum Gasteiger partial charge on any atom is -0.357 e. The molecule has 0 radical (unpaired) electrons. The zero-order valence-electron chi connectivity index (χ0n) is 7.11. The molecule has 0 heterocycles. The van der Waals surface area contributed by atoms with Crippen molar-refractivity contribution in [2.45, 2.75) is 12.7 Å². The maximum atomic E-state index is 8.54. The topological polar surface area (TPSA) is 33.0 Å². The summed E-state index contributed by atoms with van der Waals surface area (Å²) >= 11 is 5.49. The molecule has 68 valence electrons. The number of nitrogens with zero attached hydrogens (tertiary/aromatic N) is 1. The molecule has 1 aromatic carbocycles. The molecule has 0 bridgehead atoms. The van der Waals surface area contributed by atoms with E-state index in [1.165, 1.54) is 0 Å². The van der Waals surface area contributed by atoms with Crippen LogP contribution in [-0.4, -0.2) is 12.0 Å². The fourth-order valence-corrected chi connectivity index (χ4v) is 1.05. The second-order valence-corrected chi connectivity index (χ2v) is 2.88. The lowest BCUT2D eigenvalue weighted by Gasteiger charge is -2.06. The summed E-state index contributed by atoms with van der Waals surface area (Å²) in [6.07, 6.45) is -0.512. The van der Waals surface area contributed by atoms with Crippen molar-refractivity contribution in [3.05, 3.63) is 35.9 Å². The SMILES string of the molecule is N#CC(CCl)OCc1ccccc1. The smallest absolute Gasteiger partial charge is 0.157 e. The average molecular weight is 196 g/mol. The van der Waals surface area contributed by atoms with E-state index in [9.17, 15) is 0 Å². The Balaban J connectivity index is 2.40. The number of alkyl halides is 1. The standard InChI is InChI=1S/C10H10ClNO/c11-6-10(7-12)13-8-9-4-2-1-3-5-9/h1-5,10H,6,8H2. The molecule has 1 rings (SSSR count). The Hall–Kier alpha value is -1.04. The monoisotopic (exact) mass is 195 g/mol. The quantitative estimate of drug-likeness (QED) is 0.691. The molecular weight excluding hydrogens is 186 g/mol. The molecule has 0 aliphatic rings. The van der Waals surface area contributed by atoms with Crippen molar-refractivity contribution in [2.75, 3.05) is 5.88 Å². The highest BCUT2D eigenvalue weighted by Gasteiger charge is 2.04. The molecule has 2 nitrogen and oxygen atoms in total. The van der Waals surface area contributed by atoms with Gasteiger partial charge in [-0.05, 0) is 5.56 Å². The van der Waals surface area contributed by atoms with E-state index in [0.29, 0.717) is 6.61 Å². The minimum atomic E-state index is -0.512. The molecule has 0 amide bonds. The van der Waals surface area contributed by atoms with E-state index in [0.717, 1.165) is 5.56 Å². The summed E-state index contributed by atoms with van der Waals surface area (Å²) in [5.74, 6) is 0.212. The zero-order valence-corrected chi connectivity index (χ0v) is 7.87. The summed E-state index contributed by atoms with van der Waals surface area (Å²) in [6, 6.07) is 11.7. The Morgan fingerprint density at radius 3 is 2.62 bits per heavy atom. The maximum absolute atomic E-state index is 8.54. The van der Waals surface area contributed by atoms with E-state index in [-0.39, 0.29) is 5.88 Å². The van der Waals surface area contributed by atoms with E-state index in [4.69, 9.17) is 21.6 Å². The van der Waals surface area contributed by atoms with Gasteiger partial charge >= 0.3 is 0 Å². The van der Waals surface area contributed by atoms with E-state index >= 15 is 0 Å². The second-order valence-electron chi connectivity index (χ2n) is 2.57. The van der Waals surface area contributed by atoms with Crippen LogP contribution in [0.5, 0.6) is 0 Å². The predicted octanol–water partition coefficient (Wildman–Crippen LogP) is 2.33. The van der Waals surface area contributed by atoms with Crippen LogP contribution in [0.1, 0.15) is 5.56 Å². The molecule has 0 aromatic heterocycles. The van der Waals surface area contributed by atoms with Crippen LogP contribution in [0.2, 0.25) is 0 Å². The molecule has 0 aliphatic carbocycles. The van der Waals surface area contributed by atoms with Crippen LogP contribution in [0.4, 0.5) is 0 Å². The molecule has 0 spiro atoms. The number of hydrogen-bond donors (Lipinski definition) is 0. The lowest BCUT2D eigenvalue weighted by atomic mass is 10.2. The van der Waals surface area contributed by atoms with Gasteiger partial charge in [-0.2, -0.15) is 5.26 Å². The van der Waals surface area contributed by atoms with Crippen molar-refractivity contribution in [3.63, 3.8) is 0 Å². The highest BCUT2D eigenvalue weighted by molar-refractivity contribution is 6.18. The number of halogens is 1. The third kappa shape index (κ3) is 3.45. The molecule has 3 heteroatoms. The van der Waals surface area contributed by atoms with E-state index < -0.39 is 6.10 Å². The Bertz CT molecular complexity index is 281. The normalized spacial score (nSPS) is 12.0. The Labute approximate surface area is 82.7 Å². The highest BCUT2D eigenvalue weighted by atomic mass is 35.5. The Morgan fingerprint density at radius 1 is 1.38 bits per heavy atom. The lowest BCUT2D eigenvalue weighted by Crippen LogP contribution is -2.11. The van der Waals surface area contributed by atoms with Gasteiger partial charge in [0.25, 0.3) is 0 Å². The van der Waals surface area contributed by atoms with Crippen LogP contribution in [0.25, 0.3) is 0 Å². The molecule has 0 N–H and O–H groups in total. The average Bonchev–Trinajstić information content (AvgIpc) is 2.21. The number of nitriles is 1. The van der Waals surface area contributed by atoms with Crippen molar-refractivity contribution in [1.82, 2.24) is 0 Å². The minimum absolute atomic E-state index is 0.212. The number of rotatable bonds is 4. The number of ether oxygens (including phenoxy) is 1. The van der Waals surface area contributed by atoms with Crippen LogP contribution in [0, 0.1) is 11.3 Å². The van der Waals surface area contributed by atoms with Crippen molar-refractivity contribution < 1.29 is 4.74 Å². The van der Waals surface area contributed by atoms with E-state index in [1.807, 2.05) is 36.4 Å². The van der Waals surface area contributed by atoms with Gasteiger partial charge in [-0.25, -0.2) is 0 Å². The van der Waals surface area contributed by atoms with Crippen molar-refractivity contribution in [1.29, 1.82) is 5.26 Å². The summed E-state index contributed by atoms with van der Waals surface area (Å²) < 4.78 is 5.23. The van der Waals surface area contributed by atoms with Gasteiger partial charge in [-0.3, -0.25) is 0 Å². The first kappa shape index (κ1) is 10.0. The molecule has 1 aromatic rings.